The van der Waals surface area contributed by atoms with Gasteiger partial charge in [0, 0.05) is 18.3 Å². The normalized spacial score (nSPS) is 16.8. The highest BCUT2D eigenvalue weighted by atomic mass is 35.5. The van der Waals surface area contributed by atoms with Crippen LogP contribution in [0, 0.1) is 13.8 Å². The molecule has 6 nitrogen and oxygen atoms in total. The van der Waals surface area contributed by atoms with Crippen LogP contribution in [0.5, 0.6) is 0 Å². The van der Waals surface area contributed by atoms with Crippen LogP contribution in [0.1, 0.15) is 23.2 Å². The van der Waals surface area contributed by atoms with Gasteiger partial charge in [-0.05, 0) is 55.3 Å². The van der Waals surface area contributed by atoms with Crippen molar-refractivity contribution in [1.29, 1.82) is 0 Å². The number of nitrogens with one attached hydrogen (secondary N) is 1. The van der Waals surface area contributed by atoms with Crippen LogP contribution in [0.25, 0.3) is 0 Å². The number of carbonyl (C=O) groups is 2. The minimum Gasteiger partial charge on any atom is -0.326 e. The molecule has 1 aliphatic rings. The van der Waals surface area contributed by atoms with Crippen molar-refractivity contribution in [3.05, 3.63) is 87.7 Å². The standard InChI is InChI=1S/C25H22Cl2N4O2S/c1-15-6-5-7-16(2)23(15)30-22(32)13-21-24(33)31(14-18-8-3-4-11-28-18)25(34-21)29-17-9-10-19(26)20(27)12-17/h3-12,21H,13-14H2,1-2H3,(H,30,32). The first kappa shape index (κ1) is 24.3. The van der Waals surface area contributed by atoms with E-state index >= 15 is 0 Å². The lowest BCUT2D eigenvalue weighted by molar-refractivity contribution is -0.128. The van der Waals surface area contributed by atoms with Gasteiger partial charge in [-0.15, -0.1) is 0 Å². The van der Waals surface area contributed by atoms with E-state index in [1.165, 1.54) is 11.8 Å². The zero-order chi connectivity index (χ0) is 24.2. The smallest absolute Gasteiger partial charge is 0.243 e. The molecule has 1 unspecified atom stereocenters. The molecule has 1 fully saturated rings. The number of carbonyl (C=O) groups excluding carboxylic acids is 2. The molecule has 0 bridgehead atoms. The molecule has 1 atom stereocenters. The average Bonchev–Trinajstić information content (AvgIpc) is 3.08. The lowest BCUT2D eigenvalue weighted by atomic mass is 10.1. The van der Waals surface area contributed by atoms with E-state index in [0.29, 0.717) is 20.9 Å². The second-order valence-corrected chi connectivity index (χ2v) is 9.85. The van der Waals surface area contributed by atoms with E-state index in [1.807, 2.05) is 50.2 Å². The summed E-state index contributed by atoms with van der Waals surface area (Å²) in [5.41, 5.74) is 4.00. The molecule has 174 valence electrons. The number of hydrogen-bond acceptors (Lipinski definition) is 5. The van der Waals surface area contributed by atoms with Gasteiger partial charge < -0.3 is 5.32 Å². The molecular weight excluding hydrogens is 491 g/mol. The minimum absolute atomic E-state index is 0.0242. The number of para-hydroxylation sites is 1. The number of benzene rings is 2. The molecule has 0 aliphatic carbocycles. The first-order valence-electron chi connectivity index (χ1n) is 10.6. The Labute approximate surface area is 212 Å². The summed E-state index contributed by atoms with van der Waals surface area (Å²) in [6.07, 6.45) is 1.70. The summed E-state index contributed by atoms with van der Waals surface area (Å²) in [5.74, 6) is -0.414. The summed E-state index contributed by atoms with van der Waals surface area (Å²) >= 11 is 13.4. The second-order valence-electron chi connectivity index (χ2n) is 7.86. The van der Waals surface area contributed by atoms with Crippen LogP contribution in [-0.4, -0.2) is 32.1 Å². The summed E-state index contributed by atoms with van der Waals surface area (Å²) in [6, 6.07) is 16.4. The third kappa shape index (κ3) is 5.60. The van der Waals surface area contributed by atoms with E-state index in [4.69, 9.17) is 23.2 Å². The van der Waals surface area contributed by atoms with Crippen molar-refractivity contribution in [2.45, 2.75) is 32.1 Å². The maximum absolute atomic E-state index is 13.3. The summed E-state index contributed by atoms with van der Waals surface area (Å²) in [4.78, 5) is 36.7. The van der Waals surface area contributed by atoms with Crippen LogP contribution in [0.2, 0.25) is 10.0 Å². The number of nitrogens with zero attached hydrogens (tertiary/aromatic N) is 3. The van der Waals surface area contributed by atoms with Gasteiger partial charge in [0.25, 0.3) is 0 Å². The lowest BCUT2D eigenvalue weighted by Crippen LogP contribution is -2.33. The Morgan fingerprint density at radius 3 is 2.53 bits per heavy atom. The number of amidine groups is 1. The monoisotopic (exact) mass is 512 g/mol. The molecular formula is C25H22Cl2N4O2S. The first-order chi connectivity index (χ1) is 16.3. The summed E-state index contributed by atoms with van der Waals surface area (Å²) in [6.45, 7) is 4.13. The Kier molecular flexibility index (Phi) is 7.56. The van der Waals surface area contributed by atoms with Crippen molar-refractivity contribution in [2.75, 3.05) is 5.32 Å². The molecule has 4 rings (SSSR count). The fourth-order valence-electron chi connectivity index (χ4n) is 3.56. The van der Waals surface area contributed by atoms with Gasteiger partial charge in [0.05, 0.1) is 28.0 Å². The third-order valence-corrected chi connectivity index (χ3v) is 7.22. The van der Waals surface area contributed by atoms with Crippen LogP contribution in [0.3, 0.4) is 0 Å². The molecule has 34 heavy (non-hydrogen) atoms. The van der Waals surface area contributed by atoms with E-state index in [2.05, 4.69) is 15.3 Å². The van der Waals surface area contributed by atoms with E-state index in [9.17, 15) is 9.59 Å². The molecule has 0 radical (unpaired) electrons. The van der Waals surface area contributed by atoms with E-state index in [0.717, 1.165) is 22.5 Å². The van der Waals surface area contributed by atoms with Gasteiger partial charge in [-0.25, -0.2) is 4.99 Å². The van der Waals surface area contributed by atoms with Crippen molar-refractivity contribution >= 4 is 63.3 Å². The van der Waals surface area contributed by atoms with Crippen molar-refractivity contribution < 1.29 is 9.59 Å². The molecule has 1 aromatic heterocycles. The summed E-state index contributed by atoms with van der Waals surface area (Å²) < 4.78 is 0. The highest BCUT2D eigenvalue weighted by Crippen LogP contribution is 2.34. The number of aliphatic imine (C=N–C) groups is 1. The maximum Gasteiger partial charge on any atom is 0.243 e. The zero-order valence-corrected chi connectivity index (χ0v) is 20.9. The number of aromatic nitrogens is 1. The van der Waals surface area contributed by atoms with Gasteiger partial charge in [0.1, 0.15) is 5.25 Å². The molecule has 2 heterocycles. The molecule has 3 aromatic rings. The van der Waals surface area contributed by atoms with E-state index in [-0.39, 0.29) is 24.8 Å². The quantitative estimate of drug-likeness (QED) is 0.428. The average molecular weight is 513 g/mol. The molecule has 0 saturated carbocycles. The largest absolute Gasteiger partial charge is 0.326 e. The number of hydrogen-bond donors (Lipinski definition) is 1. The second kappa shape index (κ2) is 10.6. The van der Waals surface area contributed by atoms with Gasteiger partial charge >= 0.3 is 0 Å². The molecule has 1 saturated heterocycles. The molecule has 2 amide bonds. The third-order valence-electron chi connectivity index (χ3n) is 5.31. The van der Waals surface area contributed by atoms with Gasteiger partial charge in [-0.3, -0.25) is 19.5 Å². The van der Waals surface area contributed by atoms with Crippen molar-refractivity contribution in [3.63, 3.8) is 0 Å². The number of rotatable bonds is 6. The predicted octanol–water partition coefficient (Wildman–Crippen LogP) is 6.17. The first-order valence-corrected chi connectivity index (χ1v) is 12.2. The van der Waals surface area contributed by atoms with Crippen LogP contribution in [0.15, 0.2) is 65.8 Å². The van der Waals surface area contributed by atoms with Gasteiger partial charge in [0.15, 0.2) is 5.17 Å². The maximum atomic E-state index is 13.3. The Balaban J connectivity index is 1.57. The molecule has 0 spiro atoms. The van der Waals surface area contributed by atoms with Crippen molar-refractivity contribution in [1.82, 2.24) is 9.88 Å². The van der Waals surface area contributed by atoms with Crippen LogP contribution >= 0.6 is 35.0 Å². The van der Waals surface area contributed by atoms with Gasteiger partial charge in [0.2, 0.25) is 11.8 Å². The van der Waals surface area contributed by atoms with E-state index in [1.54, 1.807) is 29.3 Å². The summed E-state index contributed by atoms with van der Waals surface area (Å²) in [5, 5.41) is 3.64. The van der Waals surface area contributed by atoms with Crippen molar-refractivity contribution in [2.24, 2.45) is 4.99 Å². The zero-order valence-electron chi connectivity index (χ0n) is 18.6. The lowest BCUT2D eigenvalue weighted by Gasteiger charge is -2.16. The van der Waals surface area contributed by atoms with Gasteiger partial charge in [-0.1, -0.05) is 59.2 Å². The Hall–Kier alpha value is -2.87. The number of halogens is 2. The fourth-order valence-corrected chi connectivity index (χ4v) is 5.01. The number of amides is 2. The number of anilines is 1. The molecule has 2 aromatic carbocycles. The van der Waals surface area contributed by atoms with Crippen LogP contribution in [0.4, 0.5) is 11.4 Å². The molecule has 9 heteroatoms. The number of thioether (sulfide) groups is 1. The minimum atomic E-state index is -0.602. The summed E-state index contributed by atoms with van der Waals surface area (Å²) in [7, 11) is 0. The number of pyridine rings is 1. The van der Waals surface area contributed by atoms with E-state index < -0.39 is 5.25 Å². The van der Waals surface area contributed by atoms with Crippen molar-refractivity contribution in [3.8, 4) is 0 Å². The molecule has 1 N–H and O–H groups in total. The Morgan fingerprint density at radius 2 is 1.85 bits per heavy atom. The highest BCUT2D eigenvalue weighted by Gasteiger charge is 2.39. The van der Waals surface area contributed by atoms with Crippen LogP contribution < -0.4 is 5.32 Å². The topological polar surface area (TPSA) is 74.7 Å². The Morgan fingerprint density at radius 1 is 1.09 bits per heavy atom. The van der Waals surface area contributed by atoms with Crippen LogP contribution in [-0.2, 0) is 16.1 Å². The highest BCUT2D eigenvalue weighted by molar-refractivity contribution is 8.15. The number of aryl methyl sites for hydroxylation is 2. The fraction of sp³-hybridized carbons (Fsp3) is 0.200. The van der Waals surface area contributed by atoms with Gasteiger partial charge in [-0.2, -0.15) is 0 Å². The predicted molar refractivity (Wildman–Crippen MR) is 139 cm³/mol. The molecule has 1 aliphatic heterocycles. The SMILES string of the molecule is Cc1cccc(C)c1NC(=O)CC1SC(=Nc2ccc(Cl)c(Cl)c2)N(Cc2ccccn2)C1=O. The Bertz CT molecular complexity index is 1250.